The number of likely N-dealkylation sites (N-methyl/N-ethyl adjacent to an activating group) is 1. The number of aliphatic hydroxyl groups excluding tert-OH is 1. The van der Waals surface area contributed by atoms with E-state index in [4.69, 9.17) is 9.52 Å². The molecule has 1 saturated carbocycles. The van der Waals surface area contributed by atoms with Crippen molar-refractivity contribution in [2.24, 2.45) is 0 Å². The molecule has 1 N–H and O–H groups in total. The average molecular weight is 316 g/mol. The van der Waals surface area contributed by atoms with Crippen molar-refractivity contribution in [1.29, 1.82) is 0 Å². The van der Waals surface area contributed by atoms with Crippen LogP contribution < -0.4 is 0 Å². The zero-order chi connectivity index (χ0) is 16.4. The lowest BCUT2D eigenvalue weighted by Gasteiger charge is -2.27. The maximum atomic E-state index is 12.6. The molecule has 1 fully saturated rings. The molecule has 124 valence electrons. The highest BCUT2D eigenvalue weighted by Gasteiger charge is 2.31. The molecule has 5 heteroatoms. The van der Waals surface area contributed by atoms with Crippen LogP contribution >= 0.6 is 0 Å². The van der Waals surface area contributed by atoms with Crippen LogP contribution in [0, 0.1) is 0 Å². The molecule has 0 spiro atoms. The maximum Gasteiger partial charge on any atom is 0.237 e. The van der Waals surface area contributed by atoms with E-state index in [1.165, 1.54) is 0 Å². The molecule has 0 aliphatic heterocycles. The van der Waals surface area contributed by atoms with Crippen LogP contribution in [0.2, 0.25) is 0 Å². The third kappa shape index (κ3) is 3.57. The lowest BCUT2D eigenvalue weighted by Crippen LogP contribution is -2.41. The first-order chi connectivity index (χ1) is 11.1. The van der Waals surface area contributed by atoms with Crippen molar-refractivity contribution in [2.45, 2.75) is 31.8 Å². The van der Waals surface area contributed by atoms with E-state index in [1.54, 1.807) is 4.90 Å². The normalized spacial score (nSPS) is 16.0. The lowest BCUT2D eigenvalue weighted by atomic mass is 10.2. The van der Waals surface area contributed by atoms with E-state index < -0.39 is 0 Å². The third-order valence-electron chi connectivity index (χ3n) is 4.62. The number of rotatable bonds is 7. The highest BCUT2D eigenvalue weighted by atomic mass is 16.3. The van der Waals surface area contributed by atoms with Crippen molar-refractivity contribution in [2.75, 3.05) is 26.7 Å². The second-order valence-electron chi connectivity index (χ2n) is 6.29. The van der Waals surface area contributed by atoms with Gasteiger partial charge in [0.05, 0.1) is 19.2 Å². The summed E-state index contributed by atoms with van der Waals surface area (Å²) >= 11 is 0. The van der Waals surface area contributed by atoms with Crippen LogP contribution in [0.5, 0.6) is 0 Å². The Morgan fingerprint density at radius 2 is 2.13 bits per heavy atom. The van der Waals surface area contributed by atoms with E-state index in [-0.39, 0.29) is 18.6 Å². The second kappa shape index (κ2) is 6.72. The molecule has 23 heavy (non-hydrogen) atoms. The van der Waals surface area contributed by atoms with Crippen molar-refractivity contribution in [3.8, 4) is 0 Å². The van der Waals surface area contributed by atoms with Gasteiger partial charge in [0.15, 0.2) is 0 Å². The Hall–Kier alpha value is -1.85. The minimum absolute atomic E-state index is 0.0540. The number of fused-ring (bicyclic) bond motifs is 1. The molecule has 0 bridgehead atoms. The fraction of sp³-hybridized carbons (Fsp3) is 0.500. The van der Waals surface area contributed by atoms with Crippen LogP contribution in [0.3, 0.4) is 0 Å². The first-order valence-corrected chi connectivity index (χ1v) is 8.19. The molecule has 1 heterocycles. The molecule has 1 aliphatic rings. The van der Waals surface area contributed by atoms with E-state index >= 15 is 0 Å². The molecule has 3 rings (SSSR count). The quantitative estimate of drug-likeness (QED) is 0.852. The van der Waals surface area contributed by atoms with Gasteiger partial charge in [0.1, 0.15) is 11.3 Å². The largest absolute Gasteiger partial charge is 0.459 e. The smallest absolute Gasteiger partial charge is 0.237 e. The summed E-state index contributed by atoms with van der Waals surface area (Å²) in [6.45, 7) is 2.98. The maximum absolute atomic E-state index is 12.6. The highest BCUT2D eigenvalue weighted by Crippen LogP contribution is 2.28. The highest BCUT2D eigenvalue weighted by molar-refractivity contribution is 5.80. The minimum Gasteiger partial charge on any atom is -0.459 e. The summed E-state index contributed by atoms with van der Waals surface area (Å²) in [4.78, 5) is 16.4. The summed E-state index contributed by atoms with van der Waals surface area (Å²) in [6, 6.07) is 10.2. The van der Waals surface area contributed by atoms with Crippen molar-refractivity contribution in [3.63, 3.8) is 0 Å². The van der Waals surface area contributed by atoms with E-state index in [1.807, 2.05) is 44.3 Å². The number of hydrogen-bond acceptors (Lipinski definition) is 4. The molecule has 1 aromatic heterocycles. The van der Waals surface area contributed by atoms with Gasteiger partial charge < -0.3 is 14.4 Å². The van der Waals surface area contributed by atoms with Crippen molar-refractivity contribution in [1.82, 2.24) is 9.80 Å². The van der Waals surface area contributed by atoms with Gasteiger partial charge in [0.2, 0.25) is 5.91 Å². The van der Waals surface area contributed by atoms with Crippen LogP contribution in [-0.2, 0) is 4.79 Å². The molecule has 5 nitrogen and oxygen atoms in total. The van der Waals surface area contributed by atoms with Crippen LogP contribution in [0.4, 0.5) is 0 Å². The molecule has 0 radical (unpaired) electrons. The number of amides is 1. The van der Waals surface area contributed by atoms with Crippen LogP contribution in [-0.4, -0.2) is 53.6 Å². The summed E-state index contributed by atoms with van der Waals surface area (Å²) in [5.74, 6) is 0.848. The standard InChI is InChI=1S/C18H24N2O3/c1-13(17-11-14-5-3-4-6-16(14)23-17)19(2)18(22)12-20(9-10-21)15-7-8-15/h3-6,11,13,15,21H,7-10,12H2,1-2H3. The van der Waals surface area contributed by atoms with Gasteiger partial charge >= 0.3 is 0 Å². The van der Waals surface area contributed by atoms with Gasteiger partial charge in [-0.1, -0.05) is 18.2 Å². The Labute approximate surface area is 136 Å². The SMILES string of the molecule is CC(c1cc2ccccc2o1)N(C)C(=O)CN(CCO)C1CC1. The summed E-state index contributed by atoms with van der Waals surface area (Å²) in [5, 5.41) is 10.2. The number of carbonyl (C=O) groups is 1. The number of aliphatic hydroxyl groups is 1. The Morgan fingerprint density at radius 3 is 2.78 bits per heavy atom. The summed E-state index contributed by atoms with van der Waals surface area (Å²) in [6.07, 6.45) is 2.24. The van der Waals surface area contributed by atoms with E-state index in [2.05, 4.69) is 4.90 Å². The van der Waals surface area contributed by atoms with Gasteiger partial charge in [-0.15, -0.1) is 0 Å². The Kier molecular flexibility index (Phi) is 4.68. The molecule has 1 unspecified atom stereocenters. The predicted molar refractivity (Wildman–Crippen MR) is 89.1 cm³/mol. The number of para-hydroxylation sites is 1. The van der Waals surface area contributed by atoms with Crippen LogP contribution in [0.25, 0.3) is 11.0 Å². The number of benzene rings is 1. The number of furan rings is 1. The zero-order valence-electron chi connectivity index (χ0n) is 13.7. The molecule has 1 aromatic carbocycles. The van der Waals surface area contributed by atoms with Crippen molar-refractivity contribution in [3.05, 3.63) is 36.1 Å². The van der Waals surface area contributed by atoms with Crippen LogP contribution in [0.15, 0.2) is 34.7 Å². The lowest BCUT2D eigenvalue weighted by molar-refractivity contribution is -0.133. The number of carbonyl (C=O) groups excluding carboxylic acids is 1. The fourth-order valence-electron chi connectivity index (χ4n) is 2.86. The van der Waals surface area contributed by atoms with Gasteiger partial charge in [0, 0.05) is 25.0 Å². The van der Waals surface area contributed by atoms with Crippen molar-refractivity contribution >= 4 is 16.9 Å². The molecule has 1 aliphatic carbocycles. The number of nitrogens with zero attached hydrogens (tertiary/aromatic N) is 2. The fourth-order valence-corrected chi connectivity index (χ4v) is 2.86. The molecule has 2 aromatic rings. The monoisotopic (exact) mass is 316 g/mol. The van der Waals surface area contributed by atoms with E-state index in [9.17, 15) is 4.79 Å². The van der Waals surface area contributed by atoms with E-state index in [0.29, 0.717) is 19.1 Å². The molecule has 1 atom stereocenters. The summed E-state index contributed by atoms with van der Waals surface area (Å²) in [5.41, 5.74) is 0.843. The predicted octanol–water partition coefficient (Wildman–Crippen LogP) is 2.41. The topological polar surface area (TPSA) is 56.9 Å². The average Bonchev–Trinajstić information content (AvgIpc) is 3.31. The zero-order valence-corrected chi connectivity index (χ0v) is 13.7. The van der Waals surface area contributed by atoms with Gasteiger partial charge in [0.25, 0.3) is 0 Å². The number of hydrogen-bond donors (Lipinski definition) is 1. The Bertz CT molecular complexity index is 645. The molecule has 0 saturated heterocycles. The van der Waals surface area contributed by atoms with Gasteiger partial charge in [-0.3, -0.25) is 9.69 Å². The third-order valence-corrected chi connectivity index (χ3v) is 4.62. The van der Waals surface area contributed by atoms with Crippen LogP contribution in [0.1, 0.15) is 31.6 Å². The molecule has 1 amide bonds. The first-order valence-electron chi connectivity index (χ1n) is 8.19. The van der Waals surface area contributed by atoms with E-state index in [0.717, 1.165) is 29.6 Å². The van der Waals surface area contributed by atoms with Gasteiger partial charge in [-0.2, -0.15) is 0 Å². The minimum atomic E-state index is -0.120. The Morgan fingerprint density at radius 1 is 1.39 bits per heavy atom. The van der Waals surface area contributed by atoms with Gasteiger partial charge in [-0.05, 0) is 31.9 Å². The summed E-state index contributed by atoms with van der Waals surface area (Å²) < 4.78 is 5.87. The summed E-state index contributed by atoms with van der Waals surface area (Å²) in [7, 11) is 1.81. The van der Waals surface area contributed by atoms with Gasteiger partial charge in [-0.25, -0.2) is 0 Å². The molecular weight excluding hydrogens is 292 g/mol. The molecular formula is C18H24N2O3. The van der Waals surface area contributed by atoms with Crippen molar-refractivity contribution < 1.29 is 14.3 Å². The second-order valence-corrected chi connectivity index (χ2v) is 6.29. The first kappa shape index (κ1) is 16.0. The Balaban J connectivity index is 1.68.